The van der Waals surface area contributed by atoms with E-state index in [1.165, 1.54) is 0 Å². The molecule has 10 heteroatoms. The first-order chi connectivity index (χ1) is 14.8. The van der Waals surface area contributed by atoms with Crippen LogP contribution in [0, 0.1) is 11.8 Å². The van der Waals surface area contributed by atoms with Crippen LogP contribution < -0.4 is 16.2 Å². The highest BCUT2D eigenvalue weighted by Crippen LogP contribution is 2.17. The molecule has 1 saturated heterocycles. The average molecular weight is 429 g/mol. The van der Waals surface area contributed by atoms with E-state index in [1.54, 1.807) is 6.07 Å². The fraction of sp³-hybridized carbons (Fsp3) is 0.429. The molecule has 0 saturated carbocycles. The number of fused-ring (bicyclic) bond motifs is 1. The first kappa shape index (κ1) is 22.3. The van der Waals surface area contributed by atoms with Crippen molar-refractivity contribution in [3.05, 3.63) is 36.0 Å². The van der Waals surface area contributed by atoms with Crippen LogP contribution in [0.4, 0.5) is 4.79 Å². The predicted molar refractivity (Wildman–Crippen MR) is 113 cm³/mol. The van der Waals surface area contributed by atoms with E-state index in [-0.39, 0.29) is 24.9 Å². The van der Waals surface area contributed by atoms with E-state index < -0.39 is 29.9 Å². The number of nitrogens with zero attached hydrogens (tertiary/aromatic N) is 1. The van der Waals surface area contributed by atoms with Gasteiger partial charge in [-0.15, -0.1) is 0 Å². The van der Waals surface area contributed by atoms with Gasteiger partial charge in [-0.25, -0.2) is 15.1 Å². The van der Waals surface area contributed by atoms with Crippen LogP contribution >= 0.6 is 0 Å². The van der Waals surface area contributed by atoms with E-state index in [2.05, 4.69) is 21.2 Å². The average Bonchev–Trinajstić information content (AvgIpc) is 3.31. The maximum Gasteiger partial charge on any atom is 0.414 e. The molecule has 4 amide bonds. The maximum absolute atomic E-state index is 12.7. The molecule has 0 radical (unpaired) electrons. The molecule has 2 aromatic rings. The Kier molecular flexibility index (Phi) is 6.91. The topological polar surface area (TPSA) is 144 Å². The molecule has 1 aliphatic heterocycles. The van der Waals surface area contributed by atoms with Crippen molar-refractivity contribution in [2.24, 2.45) is 11.8 Å². The summed E-state index contributed by atoms with van der Waals surface area (Å²) in [6, 6.07) is 8.45. The van der Waals surface area contributed by atoms with Gasteiger partial charge in [-0.3, -0.25) is 19.8 Å². The molecule has 2 unspecified atom stereocenters. The van der Waals surface area contributed by atoms with Crippen LogP contribution in [0.1, 0.15) is 37.2 Å². The van der Waals surface area contributed by atoms with Crippen LogP contribution in [-0.2, 0) is 9.59 Å². The smallest absolute Gasteiger partial charge is 0.414 e. The van der Waals surface area contributed by atoms with Crippen molar-refractivity contribution in [1.82, 2.24) is 26.1 Å². The molecular formula is C21H27N5O5. The Morgan fingerprint density at radius 2 is 2.00 bits per heavy atom. The minimum absolute atomic E-state index is 0.110. The highest BCUT2D eigenvalue weighted by atomic mass is 16.4. The second-order valence-electron chi connectivity index (χ2n) is 8.05. The Bertz CT molecular complexity index is 952. The monoisotopic (exact) mass is 429 g/mol. The van der Waals surface area contributed by atoms with Gasteiger partial charge in [0.2, 0.25) is 5.91 Å². The second-order valence-corrected chi connectivity index (χ2v) is 8.05. The number of nitrogens with one attached hydrogen (secondary N) is 4. The van der Waals surface area contributed by atoms with Crippen molar-refractivity contribution in [3.63, 3.8) is 0 Å². The molecule has 0 aliphatic carbocycles. The highest BCUT2D eigenvalue weighted by Gasteiger charge is 2.35. The Morgan fingerprint density at radius 1 is 1.26 bits per heavy atom. The molecule has 3 rings (SSSR count). The lowest BCUT2D eigenvalue weighted by Crippen LogP contribution is -2.52. The van der Waals surface area contributed by atoms with Gasteiger partial charge in [-0.1, -0.05) is 32.0 Å². The lowest BCUT2D eigenvalue weighted by Gasteiger charge is -2.20. The predicted octanol–water partition coefficient (Wildman–Crippen LogP) is 1.46. The van der Waals surface area contributed by atoms with Crippen molar-refractivity contribution in [1.29, 1.82) is 0 Å². The zero-order chi connectivity index (χ0) is 22.5. The van der Waals surface area contributed by atoms with Crippen molar-refractivity contribution in [2.75, 3.05) is 13.1 Å². The standard InChI is InChI=1S/C21H27N5O5/c1-12(2)9-16(24-18(27)17-10-13-5-3-4-6-15(13)23-17)19(28)25-22-11-14-7-8-26(20(14)29)21(30)31/h3-6,10,12,14,16,22-23H,7-9,11H2,1-2H3,(H,24,27)(H,25,28)(H,30,31). The first-order valence-corrected chi connectivity index (χ1v) is 10.2. The van der Waals surface area contributed by atoms with Crippen molar-refractivity contribution in [2.45, 2.75) is 32.7 Å². The molecule has 10 nitrogen and oxygen atoms in total. The number of H-pyrrole nitrogens is 1. The number of hydrazine groups is 1. The van der Waals surface area contributed by atoms with Gasteiger partial charge in [0.25, 0.3) is 11.8 Å². The van der Waals surface area contributed by atoms with Gasteiger partial charge in [0.15, 0.2) is 0 Å². The summed E-state index contributed by atoms with van der Waals surface area (Å²) >= 11 is 0. The number of carbonyl (C=O) groups is 4. The van der Waals surface area contributed by atoms with Crippen LogP contribution in [0.25, 0.3) is 10.9 Å². The van der Waals surface area contributed by atoms with Crippen LogP contribution in [-0.4, -0.2) is 57.9 Å². The molecule has 2 heterocycles. The number of aromatic nitrogens is 1. The molecule has 1 fully saturated rings. The number of imide groups is 1. The summed E-state index contributed by atoms with van der Waals surface area (Å²) in [4.78, 5) is 52.2. The molecular weight excluding hydrogens is 402 g/mol. The minimum atomic E-state index is -1.27. The fourth-order valence-electron chi connectivity index (χ4n) is 3.60. The van der Waals surface area contributed by atoms with Gasteiger partial charge in [0, 0.05) is 24.0 Å². The van der Waals surface area contributed by atoms with Gasteiger partial charge in [0.05, 0.1) is 5.92 Å². The number of hydrogen-bond acceptors (Lipinski definition) is 5. The van der Waals surface area contributed by atoms with Gasteiger partial charge in [-0.2, -0.15) is 0 Å². The number of carbonyl (C=O) groups excluding carboxylic acids is 3. The maximum atomic E-state index is 12.7. The number of aromatic amines is 1. The fourth-order valence-corrected chi connectivity index (χ4v) is 3.60. The largest absolute Gasteiger partial charge is 0.465 e. The first-order valence-electron chi connectivity index (χ1n) is 10.2. The summed E-state index contributed by atoms with van der Waals surface area (Å²) in [6.07, 6.45) is -0.456. The lowest BCUT2D eigenvalue weighted by molar-refractivity contribution is -0.130. The van der Waals surface area contributed by atoms with Gasteiger partial charge in [-0.05, 0) is 30.9 Å². The van der Waals surface area contributed by atoms with E-state index in [1.807, 2.05) is 38.1 Å². The molecule has 1 aliphatic rings. The third-order valence-electron chi connectivity index (χ3n) is 5.21. The quantitative estimate of drug-likeness (QED) is 0.402. The Labute approximate surface area is 179 Å². The lowest BCUT2D eigenvalue weighted by atomic mass is 10.0. The zero-order valence-electron chi connectivity index (χ0n) is 17.5. The molecule has 166 valence electrons. The van der Waals surface area contributed by atoms with Gasteiger partial charge < -0.3 is 15.4 Å². The van der Waals surface area contributed by atoms with Crippen LogP contribution in [0.5, 0.6) is 0 Å². The second kappa shape index (κ2) is 9.61. The number of likely N-dealkylation sites (tertiary alicyclic amines) is 1. The normalized spacial score (nSPS) is 17.2. The SMILES string of the molecule is CC(C)CC(NC(=O)c1cc2ccccc2[nH]1)C(=O)NNCC1CCN(C(=O)O)C1=O. The van der Waals surface area contributed by atoms with E-state index in [0.717, 1.165) is 15.8 Å². The molecule has 5 N–H and O–H groups in total. The van der Waals surface area contributed by atoms with E-state index >= 15 is 0 Å². The molecule has 0 bridgehead atoms. The zero-order valence-corrected chi connectivity index (χ0v) is 17.5. The van der Waals surface area contributed by atoms with Gasteiger partial charge in [0.1, 0.15) is 11.7 Å². The van der Waals surface area contributed by atoms with E-state index in [4.69, 9.17) is 5.11 Å². The molecule has 1 aromatic heterocycles. The number of carboxylic acid groups (broad SMARTS) is 1. The summed E-state index contributed by atoms with van der Waals surface area (Å²) in [7, 11) is 0. The molecule has 31 heavy (non-hydrogen) atoms. The third-order valence-corrected chi connectivity index (χ3v) is 5.21. The number of hydrogen-bond donors (Lipinski definition) is 5. The van der Waals surface area contributed by atoms with Crippen molar-refractivity contribution >= 4 is 34.7 Å². The van der Waals surface area contributed by atoms with E-state index in [9.17, 15) is 19.2 Å². The molecule has 0 spiro atoms. The van der Waals surface area contributed by atoms with Crippen molar-refractivity contribution < 1.29 is 24.3 Å². The summed E-state index contributed by atoms with van der Waals surface area (Å²) in [5.74, 6) is -1.68. The Balaban J connectivity index is 1.57. The van der Waals surface area contributed by atoms with Crippen molar-refractivity contribution in [3.8, 4) is 0 Å². The Hall–Kier alpha value is -3.40. The van der Waals surface area contributed by atoms with Crippen LogP contribution in [0.2, 0.25) is 0 Å². The number of para-hydroxylation sites is 1. The summed E-state index contributed by atoms with van der Waals surface area (Å²) in [6.45, 7) is 4.14. The minimum Gasteiger partial charge on any atom is -0.465 e. The van der Waals surface area contributed by atoms with Crippen LogP contribution in [0.15, 0.2) is 30.3 Å². The number of rotatable bonds is 8. The summed E-state index contributed by atoms with van der Waals surface area (Å²) < 4.78 is 0. The number of amides is 4. The highest BCUT2D eigenvalue weighted by molar-refractivity contribution is 6.00. The molecule has 2 atom stereocenters. The summed E-state index contributed by atoms with van der Waals surface area (Å²) in [5.41, 5.74) is 6.43. The Morgan fingerprint density at radius 3 is 2.65 bits per heavy atom. The van der Waals surface area contributed by atoms with E-state index in [0.29, 0.717) is 18.5 Å². The van der Waals surface area contributed by atoms with Crippen LogP contribution in [0.3, 0.4) is 0 Å². The molecule has 1 aromatic carbocycles. The summed E-state index contributed by atoms with van der Waals surface area (Å²) in [5, 5.41) is 12.6. The third kappa shape index (κ3) is 5.40. The number of benzene rings is 1. The van der Waals surface area contributed by atoms with Gasteiger partial charge >= 0.3 is 6.09 Å².